The minimum Gasteiger partial charge on any atom is -0.462 e. The molecular formula is C23H21ClF3NO2. The normalized spacial score (nSPS) is 19.2. The molecule has 0 aromatic heterocycles. The van der Waals surface area contributed by atoms with Crippen LogP contribution in [0.2, 0.25) is 5.02 Å². The minimum absolute atomic E-state index is 0.157. The lowest BCUT2D eigenvalue weighted by Crippen LogP contribution is -2.17. The Morgan fingerprint density at radius 3 is 2.60 bits per heavy atom. The highest BCUT2D eigenvalue weighted by Gasteiger charge is 2.40. The van der Waals surface area contributed by atoms with Gasteiger partial charge in [0.05, 0.1) is 11.1 Å². The summed E-state index contributed by atoms with van der Waals surface area (Å²) in [4.78, 5) is 13.3. The van der Waals surface area contributed by atoms with Gasteiger partial charge in [-0.1, -0.05) is 49.2 Å². The molecule has 1 saturated carbocycles. The van der Waals surface area contributed by atoms with Crippen molar-refractivity contribution in [2.24, 2.45) is 0 Å². The van der Waals surface area contributed by atoms with Crippen molar-refractivity contribution in [2.45, 2.75) is 50.9 Å². The third-order valence-corrected chi connectivity index (χ3v) is 5.60. The quantitative estimate of drug-likeness (QED) is 0.598. The summed E-state index contributed by atoms with van der Waals surface area (Å²) in [6.07, 6.45) is -1.89. The molecule has 0 amide bonds. The van der Waals surface area contributed by atoms with E-state index in [1.807, 2.05) is 13.0 Å². The zero-order chi connectivity index (χ0) is 21.5. The Morgan fingerprint density at radius 2 is 1.93 bits per heavy atom. The molecule has 7 heteroatoms. The van der Waals surface area contributed by atoms with Crippen LogP contribution < -0.4 is 5.32 Å². The monoisotopic (exact) mass is 435 g/mol. The molecule has 0 radical (unpaired) electrons. The Morgan fingerprint density at radius 1 is 1.17 bits per heavy atom. The summed E-state index contributed by atoms with van der Waals surface area (Å²) in [5.41, 5.74) is 1.11. The maximum atomic E-state index is 13.3. The van der Waals surface area contributed by atoms with Crippen LogP contribution in [0.15, 0.2) is 48.3 Å². The van der Waals surface area contributed by atoms with E-state index in [-0.39, 0.29) is 28.8 Å². The van der Waals surface area contributed by atoms with Crippen LogP contribution >= 0.6 is 11.6 Å². The molecular weight excluding hydrogens is 415 g/mol. The number of rotatable bonds is 6. The van der Waals surface area contributed by atoms with Gasteiger partial charge in [-0.05, 0) is 48.6 Å². The lowest BCUT2D eigenvalue weighted by molar-refractivity contribution is -0.137. The largest absolute Gasteiger partial charge is 0.462 e. The smallest absolute Gasteiger partial charge is 0.416 e. The van der Waals surface area contributed by atoms with E-state index in [1.165, 1.54) is 12.1 Å². The van der Waals surface area contributed by atoms with Gasteiger partial charge in [0.1, 0.15) is 0 Å². The average molecular weight is 436 g/mol. The molecule has 1 heterocycles. The summed E-state index contributed by atoms with van der Waals surface area (Å²) in [5.74, 6) is -0.110. The molecule has 3 nitrogen and oxygen atoms in total. The number of halogens is 4. The summed E-state index contributed by atoms with van der Waals surface area (Å²) in [6, 6.07) is 10.3. The van der Waals surface area contributed by atoms with Crippen LogP contribution in [0.5, 0.6) is 0 Å². The molecule has 0 spiro atoms. The third-order valence-electron chi connectivity index (χ3n) is 5.23. The molecule has 1 aliphatic heterocycles. The van der Waals surface area contributed by atoms with Crippen molar-refractivity contribution in [3.8, 4) is 0 Å². The second-order valence-electron chi connectivity index (χ2n) is 7.66. The Bertz CT molecular complexity index is 1010. The van der Waals surface area contributed by atoms with Crippen molar-refractivity contribution in [1.82, 2.24) is 5.32 Å². The molecule has 0 bridgehead atoms. The predicted molar refractivity (Wildman–Crippen MR) is 109 cm³/mol. The van der Waals surface area contributed by atoms with Crippen LogP contribution in [0, 0.1) is 0 Å². The highest BCUT2D eigenvalue weighted by Crippen LogP contribution is 2.40. The average Bonchev–Trinajstić information content (AvgIpc) is 3.45. The van der Waals surface area contributed by atoms with Crippen molar-refractivity contribution in [1.29, 1.82) is 0 Å². The summed E-state index contributed by atoms with van der Waals surface area (Å²) < 4.78 is 45.6. The first kappa shape index (κ1) is 20.8. The number of ether oxygens (including phenoxy) is 1. The van der Waals surface area contributed by atoms with E-state index < -0.39 is 17.8 Å². The number of benzene rings is 2. The van der Waals surface area contributed by atoms with Gasteiger partial charge in [-0.2, -0.15) is 13.2 Å². The van der Waals surface area contributed by atoms with Gasteiger partial charge < -0.3 is 10.1 Å². The van der Waals surface area contributed by atoms with Crippen LogP contribution in [-0.4, -0.2) is 11.8 Å². The molecule has 2 aromatic rings. The number of carbonyl (C=O) groups excluding carboxylic acids is 1. The Balaban J connectivity index is 1.72. The van der Waals surface area contributed by atoms with Crippen LogP contribution in [0.3, 0.4) is 0 Å². The van der Waals surface area contributed by atoms with E-state index in [0.717, 1.165) is 43.4 Å². The summed E-state index contributed by atoms with van der Waals surface area (Å²) in [7, 11) is 0. The van der Waals surface area contributed by atoms with Gasteiger partial charge in [-0.3, -0.25) is 4.79 Å². The number of aryl methyl sites for hydroxylation is 1. The van der Waals surface area contributed by atoms with E-state index in [9.17, 15) is 18.0 Å². The van der Waals surface area contributed by atoms with Gasteiger partial charge in [-0.15, -0.1) is 0 Å². The van der Waals surface area contributed by atoms with Crippen LogP contribution in [-0.2, 0) is 22.1 Å². The van der Waals surface area contributed by atoms with Crippen molar-refractivity contribution in [3.63, 3.8) is 0 Å². The highest BCUT2D eigenvalue weighted by molar-refractivity contribution is 6.31. The maximum Gasteiger partial charge on any atom is 0.416 e. The van der Waals surface area contributed by atoms with Crippen LogP contribution in [0.4, 0.5) is 13.2 Å². The van der Waals surface area contributed by atoms with Crippen molar-refractivity contribution < 1.29 is 22.7 Å². The number of hydrogen-bond acceptors (Lipinski definition) is 3. The molecule has 1 atom stereocenters. The first-order chi connectivity index (χ1) is 14.3. The Labute approximate surface area is 177 Å². The van der Waals surface area contributed by atoms with Crippen molar-refractivity contribution in [3.05, 3.63) is 75.6 Å². The van der Waals surface area contributed by atoms with Gasteiger partial charge in [0.2, 0.25) is 5.78 Å². The second kappa shape index (κ2) is 7.99. The van der Waals surface area contributed by atoms with Crippen molar-refractivity contribution in [2.75, 3.05) is 0 Å². The molecule has 1 fully saturated rings. The van der Waals surface area contributed by atoms with Crippen LogP contribution in [0.1, 0.15) is 54.5 Å². The molecule has 4 rings (SSSR count). The SMILES string of the molecule is CCCc1cc(C2OC(NC3CC3)=C(c3cccc(C(F)(F)F)c3)C2=O)ccc1Cl. The molecule has 30 heavy (non-hydrogen) atoms. The van der Waals surface area contributed by atoms with Gasteiger partial charge >= 0.3 is 6.18 Å². The molecule has 2 aliphatic rings. The van der Waals surface area contributed by atoms with Gasteiger partial charge in [0, 0.05) is 16.6 Å². The van der Waals surface area contributed by atoms with Crippen molar-refractivity contribution >= 4 is 23.0 Å². The van der Waals surface area contributed by atoms with Gasteiger partial charge in [0.25, 0.3) is 0 Å². The van der Waals surface area contributed by atoms with E-state index >= 15 is 0 Å². The molecule has 1 aliphatic carbocycles. The fourth-order valence-electron chi connectivity index (χ4n) is 3.56. The summed E-state index contributed by atoms with van der Waals surface area (Å²) in [5, 5.41) is 3.79. The fraction of sp³-hybridized carbons (Fsp3) is 0.348. The van der Waals surface area contributed by atoms with E-state index in [0.29, 0.717) is 10.6 Å². The lowest BCUT2D eigenvalue weighted by atomic mass is 9.94. The first-order valence-corrected chi connectivity index (χ1v) is 10.3. The maximum absolute atomic E-state index is 13.3. The number of nitrogens with one attached hydrogen (secondary N) is 1. The number of ketones is 1. The molecule has 0 saturated heterocycles. The zero-order valence-electron chi connectivity index (χ0n) is 16.4. The summed E-state index contributed by atoms with van der Waals surface area (Å²) >= 11 is 6.25. The molecule has 158 valence electrons. The van der Waals surface area contributed by atoms with E-state index in [2.05, 4.69) is 5.32 Å². The summed E-state index contributed by atoms with van der Waals surface area (Å²) in [6.45, 7) is 2.03. The van der Waals surface area contributed by atoms with Crippen LogP contribution in [0.25, 0.3) is 5.57 Å². The Kier molecular flexibility index (Phi) is 5.53. The highest BCUT2D eigenvalue weighted by atomic mass is 35.5. The lowest BCUT2D eigenvalue weighted by Gasteiger charge is -2.14. The fourth-order valence-corrected chi connectivity index (χ4v) is 3.77. The number of carbonyl (C=O) groups is 1. The van der Waals surface area contributed by atoms with Gasteiger partial charge in [-0.25, -0.2) is 0 Å². The predicted octanol–water partition coefficient (Wildman–Crippen LogP) is 6.07. The Hall–Kier alpha value is -2.47. The van der Waals surface area contributed by atoms with E-state index in [4.69, 9.17) is 16.3 Å². The number of Topliss-reactive ketones (excluding diaryl/α,β-unsaturated/α-hetero) is 1. The molecule has 2 aromatic carbocycles. The minimum atomic E-state index is -4.49. The first-order valence-electron chi connectivity index (χ1n) is 9.95. The standard InChI is InChI=1S/C23H21ClF3NO2/c1-2-4-13-11-15(7-10-18(13)24)21-20(29)19(22(30-21)28-17-8-9-17)14-5-3-6-16(12-14)23(25,26)27/h3,5-7,10-12,17,21,28H,2,4,8-9H2,1H3. The van der Waals surface area contributed by atoms with Gasteiger partial charge in [0.15, 0.2) is 12.0 Å². The molecule has 1 N–H and O–H groups in total. The topological polar surface area (TPSA) is 38.3 Å². The molecule has 1 unspecified atom stereocenters. The second-order valence-corrected chi connectivity index (χ2v) is 8.07. The number of hydrogen-bond donors (Lipinski definition) is 1. The third kappa shape index (κ3) is 4.19. The zero-order valence-corrected chi connectivity index (χ0v) is 17.1. The number of alkyl halides is 3. The van der Waals surface area contributed by atoms with E-state index in [1.54, 1.807) is 12.1 Å².